The molecule has 1 amide bonds. The molecule has 5 rings (SSSR count). The number of hydrogen-bond donors (Lipinski definition) is 2. The minimum Gasteiger partial charge on any atom is -0.496 e. The number of ether oxygens (including phenoxy) is 1. The maximum atomic E-state index is 14.4. The normalized spacial score (nSPS) is 18.6. The molecular formula is C35H39F6N3O4. The number of benzene rings is 3. The SMILES string of the molecule is COc1ccc(CN2CCC(F)CC2)cc1-c1cccc2c(C[C@H](NC(=O)C3(C(F)(F)F)CCN(CC(F)F)CC3)C(=O)O)cccc12. The van der Waals surface area contributed by atoms with Crippen molar-refractivity contribution >= 4 is 22.6 Å². The van der Waals surface area contributed by atoms with Crippen LogP contribution in [0.3, 0.4) is 0 Å². The van der Waals surface area contributed by atoms with Crippen LogP contribution in [0.15, 0.2) is 54.6 Å². The molecule has 13 heteroatoms. The number of piperidine rings is 2. The quantitative estimate of drug-likeness (QED) is 0.226. The average molecular weight is 680 g/mol. The number of carboxylic acid groups (broad SMARTS) is 1. The van der Waals surface area contributed by atoms with E-state index in [-0.39, 0.29) is 19.5 Å². The Hall–Kier alpha value is -3.84. The summed E-state index contributed by atoms with van der Waals surface area (Å²) in [4.78, 5) is 29.0. The fourth-order valence-electron chi connectivity index (χ4n) is 6.84. The monoisotopic (exact) mass is 679 g/mol. The van der Waals surface area contributed by atoms with Crippen molar-refractivity contribution in [1.82, 2.24) is 15.1 Å². The molecule has 0 aromatic heterocycles. The van der Waals surface area contributed by atoms with Gasteiger partial charge in [0.05, 0.1) is 13.7 Å². The number of methoxy groups -OCH3 is 1. The molecule has 0 spiro atoms. The second-order valence-electron chi connectivity index (χ2n) is 12.6. The number of fused-ring (bicyclic) bond motifs is 1. The summed E-state index contributed by atoms with van der Waals surface area (Å²) < 4.78 is 88.1. The van der Waals surface area contributed by atoms with E-state index in [9.17, 15) is 41.0 Å². The van der Waals surface area contributed by atoms with Crippen LogP contribution in [0.2, 0.25) is 0 Å². The zero-order valence-corrected chi connectivity index (χ0v) is 26.5. The Morgan fingerprint density at radius 2 is 1.62 bits per heavy atom. The summed E-state index contributed by atoms with van der Waals surface area (Å²) in [5.41, 5.74) is 0.182. The molecule has 48 heavy (non-hydrogen) atoms. The second-order valence-corrected chi connectivity index (χ2v) is 12.6. The first-order valence-electron chi connectivity index (χ1n) is 16.0. The lowest BCUT2D eigenvalue weighted by Crippen LogP contribution is -2.59. The Morgan fingerprint density at radius 3 is 2.25 bits per heavy atom. The molecule has 0 radical (unpaired) electrons. The minimum atomic E-state index is -5.01. The summed E-state index contributed by atoms with van der Waals surface area (Å²) in [5.74, 6) is -2.38. The van der Waals surface area contributed by atoms with Gasteiger partial charge < -0.3 is 15.2 Å². The maximum absolute atomic E-state index is 14.4. The number of amides is 1. The fourth-order valence-corrected chi connectivity index (χ4v) is 6.84. The third kappa shape index (κ3) is 7.72. The summed E-state index contributed by atoms with van der Waals surface area (Å²) in [6, 6.07) is 14.8. The number of carbonyl (C=O) groups excluding carboxylic acids is 1. The Kier molecular flexibility index (Phi) is 10.9. The van der Waals surface area contributed by atoms with Crippen LogP contribution < -0.4 is 10.1 Å². The number of likely N-dealkylation sites (tertiary alicyclic amines) is 2. The lowest BCUT2D eigenvalue weighted by atomic mass is 9.76. The smallest absolute Gasteiger partial charge is 0.403 e. The van der Waals surface area contributed by atoms with Gasteiger partial charge in [-0.1, -0.05) is 42.5 Å². The number of nitrogens with one attached hydrogen (secondary N) is 1. The zero-order valence-electron chi connectivity index (χ0n) is 26.5. The largest absolute Gasteiger partial charge is 0.496 e. The Balaban J connectivity index is 1.41. The van der Waals surface area contributed by atoms with E-state index < -0.39 is 61.5 Å². The molecule has 3 aromatic carbocycles. The van der Waals surface area contributed by atoms with Crippen molar-refractivity contribution in [3.63, 3.8) is 0 Å². The van der Waals surface area contributed by atoms with Gasteiger partial charge in [0.2, 0.25) is 5.91 Å². The van der Waals surface area contributed by atoms with Crippen molar-refractivity contribution in [1.29, 1.82) is 0 Å². The lowest BCUT2D eigenvalue weighted by molar-refractivity contribution is -0.233. The van der Waals surface area contributed by atoms with Gasteiger partial charge in [-0.05, 0) is 78.4 Å². The van der Waals surface area contributed by atoms with E-state index in [0.29, 0.717) is 49.2 Å². The van der Waals surface area contributed by atoms with Gasteiger partial charge in [0, 0.05) is 31.6 Å². The first kappa shape index (κ1) is 35.5. The van der Waals surface area contributed by atoms with Crippen LogP contribution >= 0.6 is 0 Å². The van der Waals surface area contributed by atoms with Crippen LogP contribution in [0, 0.1) is 5.41 Å². The van der Waals surface area contributed by atoms with Crippen LogP contribution in [0.4, 0.5) is 26.3 Å². The van der Waals surface area contributed by atoms with E-state index in [4.69, 9.17) is 4.74 Å². The Morgan fingerprint density at radius 1 is 0.958 bits per heavy atom. The first-order chi connectivity index (χ1) is 22.8. The molecule has 0 unspecified atom stereocenters. The lowest BCUT2D eigenvalue weighted by Gasteiger charge is -2.41. The van der Waals surface area contributed by atoms with Crippen molar-refractivity contribution in [2.75, 3.05) is 39.8 Å². The molecule has 7 nitrogen and oxygen atoms in total. The van der Waals surface area contributed by atoms with Gasteiger partial charge in [0.1, 0.15) is 23.4 Å². The number of nitrogens with zero attached hydrogens (tertiary/aromatic N) is 2. The number of rotatable bonds is 11. The molecule has 260 valence electrons. The number of alkyl halides is 6. The van der Waals surface area contributed by atoms with E-state index in [1.54, 1.807) is 31.4 Å². The third-order valence-electron chi connectivity index (χ3n) is 9.60. The number of halogens is 6. The highest BCUT2D eigenvalue weighted by Crippen LogP contribution is 2.47. The molecule has 1 atom stereocenters. The van der Waals surface area contributed by atoms with Gasteiger partial charge in [0.25, 0.3) is 6.43 Å². The van der Waals surface area contributed by atoms with E-state index in [2.05, 4.69) is 10.2 Å². The summed E-state index contributed by atoms with van der Waals surface area (Å²) in [6.07, 6.45) is -9.35. The zero-order chi connectivity index (χ0) is 34.6. The third-order valence-corrected chi connectivity index (χ3v) is 9.60. The topological polar surface area (TPSA) is 82.1 Å². The van der Waals surface area contributed by atoms with Crippen LogP contribution in [0.5, 0.6) is 5.75 Å². The molecule has 0 saturated carbocycles. The van der Waals surface area contributed by atoms with Gasteiger partial charge >= 0.3 is 12.1 Å². The molecular weight excluding hydrogens is 640 g/mol. The second kappa shape index (κ2) is 14.7. The molecule has 2 aliphatic rings. The van der Waals surface area contributed by atoms with Crippen molar-refractivity contribution in [2.45, 2.75) is 63.5 Å². The summed E-state index contributed by atoms with van der Waals surface area (Å²) in [7, 11) is 1.55. The van der Waals surface area contributed by atoms with Crippen molar-refractivity contribution in [3.05, 3.63) is 65.7 Å². The fraction of sp³-hybridized carbons (Fsp3) is 0.486. The molecule has 2 heterocycles. The maximum Gasteiger partial charge on any atom is 0.403 e. The predicted molar refractivity (Wildman–Crippen MR) is 169 cm³/mol. The highest BCUT2D eigenvalue weighted by atomic mass is 19.4. The van der Waals surface area contributed by atoms with Gasteiger partial charge in [-0.3, -0.25) is 14.6 Å². The minimum absolute atomic E-state index is 0.297. The van der Waals surface area contributed by atoms with Crippen molar-refractivity contribution in [3.8, 4) is 16.9 Å². The number of hydrogen-bond acceptors (Lipinski definition) is 5. The van der Waals surface area contributed by atoms with Crippen LogP contribution in [-0.4, -0.2) is 91.4 Å². The van der Waals surface area contributed by atoms with Crippen molar-refractivity contribution in [2.24, 2.45) is 5.41 Å². The van der Waals surface area contributed by atoms with Crippen LogP contribution in [-0.2, 0) is 22.6 Å². The van der Waals surface area contributed by atoms with Gasteiger partial charge in [-0.25, -0.2) is 18.0 Å². The van der Waals surface area contributed by atoms with E-state index in [0.717, 1.165) is 22.1 Å². The highest BCUT2D eigenvalue weighted by molar-refractivity contribution is 6.00. The Bertz CT molecular complexity index is 1600. The summed E-state index contributed by atoms with van der Waals surface area (Å²) in [6.45, 7) is 0.490. The summed E-state index contributed by atoms with van der Waals surface area (Å²) in [5, 5.41) is 13.6. The molecule has 2 fully saturated rings. The van der Waals surface area contributed by atoms with Gasteiger partial charge in [-0.15, -0.1) is 0 Å². The molecule has 2 aliphatic heterocycles. The molecule has 0 bridgehead atoms. The molecule has 0 aliphatic carbocycles. The summed E-state index contributed by atoms with van der Waals surface area (Å²) >= 11 is 0. The Labute approximate surface area is 274 Å². The first-order valence-corrected chi connectivity index (χ1v) is 16.0. The molecule has 3 aromatic rings. The number of carbonyl (C=O) groups is 2. The predicted octanol–water partition coefficient (Wildman–Crippen LogP) is 6.47. The highest BCUT2D eigenvalue weighted by Gasteiger charge is 2.61. The standard InChI is InChI=1S/C35H39F6N3O4/c1-48-30-9-8-22(20-43-14-10-24(36)11-15-43)18-28(30)27-7-3-5-25-23(4-2-6-26(25)27)19-29(32(45)46)42-33(47)34(35(39,40)41)12-16-44(17-13-34)21-31(37)38/h2-9,18,24,29,31H,10-17,19-21H2,1H3,(H,42,47)(H,45,46)/t29-/m0/s1. The molecule has 2 saturated heterocycles. The van der Waals surface area contributed by atoms with Gasteiger partial charge in [-0.2, -0.15) is 13.2 Å². The van der Waals surface area contributed by atoms with E-state index in [1.807, 2.05) is 30.3 Å². The van der Waals surface area contributed by atoms with Gasteiger partial charge in [0.15, 0.2) is 0 Å². The number of aliphatic carboxylic acids is 1. The van der Waals surface area contributed by atoms with Crippen molar-refractivity contribution < 1.29 is 45.8 Å². The average Bonchev–Trinajstić information content (AvgIpc) is 3.04. The van der Waals surface area contributed by atoms with Crippen LogP contribution in [0.1, 0.15) is 36.8 Å². The van der Waals surface area contributed by atoms with E-state index in [1.165, 1.54) is 4.90 Å². The molecule has 2 N–H and O–H groups in total. The number of carboxylic acids is 1. The van der Waals surface area contributed by atoms with Crippen LogP contribution in [0.25, 0.3) is 21.9 Å². The van der Waals surface area contributed by atoms with E-state index >= 15 is 0 Å².